The van der Waals surface area contributed by atoms with Crippen LogP contribution in [0.1, 0.15) is 5.56 Å². The summed E-state index contributed by atoms with van der Waals surface area (Å²) in [7, 11) is -3.73. The minimum Gasteiger partial charge on any atom is -0.382 e. The number of nitrogens with one attached hydrogen (secondary N) is 1. The van der Waals surface area contributed by atoms with Gasteiger partial charge in [-0.25, -0.2) is 18.1 Å². The lowest BCUT2D eigenvalue weighted by molar-refractivity contribution is 0.581. The van der Waals surface area contributed by atoms with E-state index in [1.54, 1.807) is 24.3 Å². The Kier molecular flexibility index (Phi) is 4.49. The predicted octanol–water partition coefficient (Wildman–Crippen LogP) is 2.45. The SMILES string of the molecule is Nc1ncc(S(=O)(=O)NCc2ccccc2Cl)cc1Cl. The molecule has 0 amide bonds. The topological polar surface area (TPSA) is 85.1 Å². The maximum Gasteiger partial charge on any atom is 0.242 e. The molecule has 0 bridgehead atoms. The van der Waals surface area contributed by atoms with Crippen LogP contribution in [0.25, 0.3) is 0 Å². The summed E-state index contributed by atoms with van der Waals surface area (Å²) in [6, 6.07) is 8.21. The third-order valence-corrected chi connectivity index (χ3v) is 4.61. The summed E-state index contributed by atoms with van der Waals surface area (Å²) in [6.07, 6.45) is 1.15. The van der Waals surface area contributed by atoms with Crippen molar-refractivity contribution in [2.75, 3.05) is 5.73 Å². The van der Waals surface area contributed by atoms with E-state index in [0.717, 1.165) is 6.20 Å². The molecule has 20 heavy (non-hydrogen) atoms. The van der Waals surface area contributed by atoms with Gasteiger partial charge in [0.15, 0.2) is 0 Å². The highest BCUT2D eigenvalue weighted by atomic mass is 35.5. The van der Waals surface area contributed by atoms with E-state index in [2.05, 4.69) is 9.71 Å². The van der Waals surface area contributed by atoms with Gasteiger partial charge < -0.3 is 5.73 Å². The Morgan fingerprint density at radius 2 is 1.90 bits per heavy atom. The van der Waals surface area contributed by atoms with Crippen molar-refractivity contribution in [2.24, 2.45) is 0 Å². The van der Waals surface area contributed by atoms with Crippen LogP contribution in [0.2, 0.25) is 10.0 Å². The number of nitrogens with two attached hydrogens (primary N) is 1. The first kappa shape index (κ1) is 15.1. The Balaban J connectivity index is 2.19. The van der Waals surface area contributed by atoms with Crippen LogP contribution < -0.4 is 10.5 Å². The van der Waals surface area contributed by atoms with Crippen molar-refractivity contribution in [2.45, 2.75) is 11.4 Å². The second-order valence-corrected chi connectivity index (χ2v) is 6.54. The third kappa shape index (κ3) is 3.40. The third-order valence-electron chi connectivity index (χ3n) is 2.57. The summed E-state index contributed by atoms with van der Waals surface area (Å²) in [5.74, 6) is 0.0803. The van der Waals surface area contributed by atoms with E-state index in [0.29, 0.717) is 10.6 Å². The molecule has 0 saturated carbocycles. The first-order valence-electron chi connectivity index (χ1n) is 5.54. The Morgan fingerprint density at radius 1 is 1.20 bits per heavy atom. The maximum atomic E-state index is 12.1. The Hall–Kier alpha value is -1.34. The van der Waals surface area contributed by atoms with Gasteiger partial charge in [0.2, 0.25) is 10.0 Å². The molecule has 106 valence electrons. The molecule has 5 nitrogen and oxygen atoms in total. The number of aromatic nitrogens is 1. The molecule has 1 aromatic carbocycles. The summed E-state index contributed by atoms with van der Waals surface area (Å²) in [4.78, 5) is 3.67. The fourth-order valence-corrected chi connectivity index (χ4v) is 2.89. The summed E-state index contributed by atoms with van der Waals surface area (Å²) in [5, 5.41) is 0.578. The first-order chi connectivity index (χ1) is 9.40. The van der Waals surface area contributed by atoms with E-state index in [1.807, 2.05) is 0 Å². The van der Waals surface area contributed by atoms with Gasteiger partial charge in [-0.1, -0.05) is 41.4 Å². The minimum absolute atomic E-state index is 0.0521. The highest BCUT2D eigenvalue weighted by Crippen LogP contribution is 2.20. The number of benzene rings is 1. The summed E-state index contributed by atoms with van der Waals surface area (Å²) in [5.41, 5.74) is 6.11. The van der Waals surface area contributed by atoms with Gasteiger partial charge in [-0.05, 0) is 17.7 Å². The summed E-state index contributed by atoms with van der Waals surface area (Å²) >= 11 is 11.7. The Bertz CT molecular complexity index is 735. The van der Waals surface area contributed by atoms with Crippen molar-refractivity contribution >= 4 is 39.0 Å². The van der Waals surface area contributed by atoms with Crippen LogP contribution in [-0.4, -0.2) is 13.4 Å². The van der Waals surface area contributed by atoms with Crippen LogP contribution in [-0.2, 0) is 16.6 Å². The molecule has 0 spiro atoms. The van der Waals surface area contributed by atoms with Crippen molar-refractivity contribution in [3.05, 3.63) is 52.1 Å². The number of pyridine rings is 1. The quantitative estimate of drug-likeness (QED) is 0.901. The van der Waals surface area contributed by atoms with Crippen molar-refractivity contribution in [3.8, 4) is 0 Å². The molecule has 0 radical (unpaired) electrons. The minimum atomic E-state index is -3.73. The van der Waals surface area contributed by atoms with Gasteiger partial charge >= 0.3 is 0 Å². The fourth-order valence-electron chi connectivity index (χ4n) is 1.48. The average molecular weight is 332 g/mol. The van der Waals surface area contributed by atoms with Crippen molar-refractivity contribution in [3.63, 3.8) is 0 Å². The number of nitrogen functional groups attached to an aromatic ring is 1. The molecule has 1 heterocycles. The van der Waals surface area contributed by atoms with Gasteiger partial charge in [0.1, 0.15) is 10.7 Å². The van der Waals surface area contributed by atoms with Gasteiger partial charge in [-0.2, -0.15) is 0 Å². The number of nitrogens with zero attached hydrogens (tertiary/aromatic N) is 1. The lowest BCUT2D eigenvalue weighted by Gasteiger charge is -2.08. The second kappa shape index (κ2) is 5.97. The lowest BCUT2D eigenvalue weighted by Crippen LogP contribution is -2.23. The number of hydrogen-bond acceptors (Lipinski definition) is 4. The number of rotatable bonds is 4. The van der Waals surface area contributed by atoms with Gasteiger partial charge in [-0.3, -0.25) is 0 Å². The molecule has 0 atom stereocenters. The van der Waals surface area contributed by atoms with Gasteiger partial charge in [0.05, 0.1) is 5.02 Å². The molecule has 0 saturated heterocycles. The Morgan fingerprint density at radius 3 is 2.55 bits per heavy atom. The molecule has 1 aromatic heterocycles. The van der Waals surface area contributed by atoms with Crippen molar-refractivity contribution < 1.29 is 8.42 Å². The van der Waals surface area contributed by atoms with E-state index in [4.69, 9.17) is 28.9 Å². The number of hydrogen-bond donors (Lipinski definition) is 2. The molecule has 2 aromatic rings. The summed E-state index contributed by atoms with van der Waals surface area (Å²) in [6.45, 7) is 0.0734. The zero-order valence-electron chi connectivity index (χ0n) is 10.2. The monoisotopic (exact) mass is 331 g/mol. The van der Waals surface area contributed by atoms with Gasteiger partial charge in [0.25, 0.3) is 0 Å². The number of sulfonamides is 1. The highest BCUT2D eigenvalue weighted by Gasteiger charge is 2.16. The van der Waals surface area contributed by atoms with Crippen LogP contribution >= 0.6 is 23.2 Å². The molecule has 0 aliphatic rings. The van der Waals surface area contributed by atoms with Crippen LogP contribution in [0.15, 0.2) is 41.4 Å². The summed E-state index contributed by atoms with van der Waals surface area (Å²) < 4.78 is 26.6. The molecular weight excluding hydrogens is 321 g/mol. The molecule has 2 rings (SSSR count). The molecule has 8 heteroatoms. The fraction of sp³-hybridized carbons (Fsp3) is 0.0833. The van der Waals surface area contributed by atoms with Crippen molar-refractivity contribution in [1.82, 2.24) is 9.71 Å². The molecule has 0 unspecified atom stereocenters. The normalized spacial score (nSPS) is 11.5. The first-order valence-corrected chi connectivity index (χ1v) is 7.78. The smallest absolute Gasteiger partial charge is 0.242 e. The average Bonchev–Trinajstić information content (AvgIpc) is 2.41. The molecular formula is C12H11Cl2N3O2S. The maximum absolute atomic E-state index is 12.1. The van der Waals surface area contributed by atoms with E-state index >= 15 is 0 Å². The van der Waals surface area contributed by atoms with Crippen LogP contribution in [0, 0.1) is 0 Å². The molecule has 0 aliphatic heterocycles. The highest BCUT2D eigenvalue weighted by molar-refractivity contribution is 7.89. The van der Waals surface area contributed by atoms with E-state index < -0.39 is 10.0 Å². The lowest BCUT2D eigenvalue weighted by atomic mass is 10.2. The van der Waals surface area contributed by atoms with E-state index in [1.165, 1.54) is 6.07 Å². The van der Waals surface area contributed by atoms with Crippen LogP contribution in [0.3, 0.4) is 0 Å². The molecule has 0 aliphatic carbocycles. The van der Waals surface area contributed by atoms with Gasteiger partial charge in [-0.15, -0.1) is 0 Å². The van der Waals surface area contributed by atoms with Gasteiger partial charge in [0, 0.05) is 17.8 Å². The Labute approximate surface area is 126 Å². The predicted molar refractivity (Wildman–Crippen MR) is 79.1 cm³/mol. The number of halogens is 2. The van der Waals surface area contributed by atoms with E-state index in [9.17, 15) is 8.42 Å². The molecule has 0 fully saturated rings. The zero-order chi connectivity index (χ0) is 14.8. The van der Waals surface area contributed by atoms with Crippen LogP contribution in [0.4, 0.5) is 5.82 Å². The standard InChI is InChI=1S/C12H11Cl2N3O2S/c13-10-4-2-1-3-8(10)6-17-20(18,19)9-5-11(14)12(15)16-7-9/h1-5,7,17H,6H2,(H2,15,16). The van der Waals surface area contributed by atoms with E-state index in [-0.39, 0.29) is 22.3 Å². The van der Waals surface area contributed by atoms with Crippen molar-refractivity contribution in [1.29, 1.82) is 0 Å². The molecule has 3 N–H and O–H groups in total. The zero-order valence-corrected chi connectivity index (χ0v) is 12.5. The largest absolute Gasteiger partial charge is 0.382 e. The van der Waals surface area contributed by atoms with Crippen LogP contribution in [0.5, 0.6) is 0 Å². The number of anilines is 1. The second-order valence-electron chi connectivity index (χ2n) is 3.95.